The second-order valence-electron chi connectivity index (χ2n) is 4.24. The van der Waals surface area contributed by atoms with Gasteiger partial charge >= 0.3 is 5.51 Å². The number of hydrogen-bond acceptors (Lipinski definition) is 0. The molecule has 0 N–H and O–H groups in total. The molecule has 1 aliphatic rings. The first kappa shape index (κ1) is 14.0. The van der Waals surface area contributed by atoms with Crippen molar-refractivity contribution < 1.29 is 13.2 Å². The predicted octanol–water partition coefficient (Wildman–Crippen LogP) is 6.22. The summed E-state index contributed by atoms with van der Waals surface area (Å²) in [4.78, 5) is 0.890. The fourth-order valence-corrected chi connectivity index (χ4v) is 6.00. The molecule has 1 atom stereocenters. The molecule has 18 heavy (non-hydrogen) atoms. The summed E-state index contributed by atoms with van der Waals surface area (Å²) >= 11 is 3.05. The monoisotopic (exact) mass is 338 g/mol. The summed E-state index contributed by atoms with van der Waals surface area (Å²) in [7, 11) is -3.02. The van der Waals surface area contributed by atoms with Crippen LogP contribution in [0.15, 0.2) is 34.1 Å². The highest BCUT2D eigenvalue weighted by atomic mass is 79.9. The maximum absolute atomic E-state index is 13.5. The number of allylic oxidation sites excluding steroid dienone is 1. The molecule has 0 aliphatic carbocycles. The van der Waals surface area contributed by atoms with Gasteiger partial charge in [-0.1, -0.05) is 31.5 Å². The molecule has 1 aromatic carbocycles. The number of unbranched alkanes of at least 4 members (excludes halogenated alkanes) is 1. The summed E-state index contributed by atoms with van der Waals surface area (Å²) in [6.45, 7) is 1.99. The van der Waals surface area contributed by atoms with E-state index in [1.165, 1.54) is 0 Å². The molecule has 1 unspecified atom stereocenters. The standard InChI is InChI=1S/C13H14BrF3S/c1-2-3-7-11-9-10-6-4-5-8-12(10)18(11,14)13(15,16)17/h4-6,8-9H,2-3,7H2,1H3. The first-order valence-corrected chi connectivity index (χ1v) is 9.27. The molecule has 0 aromatic heterocycles. The zero-order valence-corrected chi connectivity index (χ0v) is 12.3. The lowest BCUT2D eigenvalue weighted by molar-refractivity contribution is -0.0355. The Morgan fingerprint density at radius 3 is 2.50 bits per heavy atom. The molecule has 0 spiro atoms. The van der Waals surface area contributed by atoms with E-state index >= 15 is 0 Å². The van der Waals surface area contributed by atoms with Gasteiger partial charge in [-0.3, -0.25) is 0 Å². The Morgan fingerprint density at radius 1 is 1.22 bits per heavy atom. The molecule has 0 bridgehead atoms. The fraction of sp³-hybridized carbons (Fsp3) is 0.385. The van der Waals surface area contributed by atoms with E-state index in [2.05, 4.69) is 14.8 Å². The van der Waals surface area contributed by atoms with Crippen molar-refractivity contribution in [1.82, 2.24) is 0 Å². The van der Waals surface area contributed by atoms with E-state index in [0.29, 0.717) is 21.8 Å². The van der Waals surface area contributed by atoms with Crippen molar-refractivity contribution in [2.45, 2.75) is 36.6 Å². The molecule has 0 saturated carbocycles. The third kappa shape index (κ3) is 2.11. The van der Waals surface area contributed by atoms with Gasteiger partial charge in [-0.15, -0.1) is 0 Å². The van der Waals surface area contributed by atoms with Gasteiger partial charge in [0, 0.05) is 4.90 Å². The maximum atomic E-state index is 13.5. The average molecular weight is 339 g/mol. The smallest absolute Gasteiger partial charge is 0.160 e. The van der Waals surface area contributed by atoms with Gasteiger partial charge in [0.2, 0.25) is 0 Å². The molecule has 0 fully saturated rings. The Labute approximate surface area is 114 Å². The van der Waals surface area contributed by atoms with E-state index in [4.69, 9.17) is 0 Å². The van der Waals surface area contributed by atoms with Crippen LogP contribution >= 0.6 is 23.3 Å². The van der Waals surface area contributed by atoms with Crippen molar-refractivity contribution in [3.8, 4) is 0 Å². The van der Waals surface area contributed by atoms with Crippen LogP contribution in [0.2, 0.25) is 0 Å². The highest BCUT2D eigenvalue weighted by Crippen LogP contribution is 2.81. The molecular formula is C13H14BrF3S. The molecule has 0 radical (unpaired) electrons. The fourth-order valence-electron chi connectivity index (χ4n) is 2.09. The predicted molar refractivity (Wildman–Crippen MR) is 74.8 cm³/mol. The molecule has 1 aromatic rings. The minimum atomic E-state index is -4.24. The Hall–Kier alpha value is -0.420. The van der Waals surface area contributed by atoms with Crippen LogP contribution in [0.1, 0.15) is 31.7 Å². The summed E-state index contributed by atoms with van der Waals surface area (Å²) in [5.74, 6) is 0. The molecule has 5 heteroatoms. The van der Waals surface area contributed by atoms with Crippen LogP contribution in [0.5, 0.6) is 0 Å². The van der Waals surface area contributed by atoms with Crippen molar-refractivity contribution in [2.75, 3.05) is 0 Å². The van der Waals surface area contributed by atoms with Gasteiger partial charge in [-0.2, -0.15) is 13.2 Å². The first-order valence-electron chi connectivity index (χ1n) is 5.80. The number of benzene rings is 1. The average Bonchev–Trinajstić information content (AvgIpc) is 2.61. The van der Waals surface area contributed by atoms with Crippen molar-refractivity contribution >= 4 is 29.4 Å². The summed E-state index contributed by atoms with van der Waals surface area (Å²) in [6.07, 6.45) is 3.90. The highest BCUT2D eigenvalue weighted by Gasteiger charge is 2.54. The van der Waals surface area contributed by atoms with Gasteiger partial charge < -0.3 is 0 Å². The number of fused-ring (bicyclic) bond motifs is 1. The first-order chi connectivity index (χ1) is 8.41. The minimum Gasteiger partial charge on any atom is -0.160 e. The molecule has 0 nitrogen and oxygen atoms in total. The van der Waals surface area contributed by atoms with E-state index in [1.54, 1.807) is 30.3 Å². The van der Waals surface area contributed by atoms with Gasteiger partial charge in [-0.25, -0.2) is 0 Å². The SMILES string of the molecule is CCCCC1=Cc2ccccc2S1(Br)C(F)(F)F. The lowest BCUT2D eigenvalue weighted by Gasteiger charge is -2.35. The molecule has 0 amide bonds. The summed E-state index contributed by atoms with van der Waals surface area (Å²) in [6, 6.07) is 6.79. The van der Waals surface area contributed by atoms with E-state index < -0.39 is 14.0 Å². The van der Waals surface area contributed by atoms with Gasteiger partial charge in [0.25, 0.3) is 0 Å². The van der Waals surface area contributed by atoms with Crippen LogP contribution in [0, 0.1) is 0 Å². The lowest BCUT2D eigenvalue weighted by atomic mass is 10.2. The topological polar surface area (TPSA) is 0 Å². The van der Waals surface area contributed by atoms with Gasteiger partial charge in [0.05, 0.1) is 0 Å². The summed E-state index contributed by atoms with van der Waals surface area (Å²) in [5.41, 5.74) is -3.54. The van der Waals surface area contributed by atoms with Gasteiger partial charge in [-0.05, 0) is 58.7 Å². The van der Waals surface area contributed by atoms with Gasteiger partial charge in [0.15, 0.2) is 0 Å². The third-order valence-electron chi connectivity index (χ3n) is 3.00. The molecule has 100 valence electrons. The zero-order chi connectivity index (χ0) is 13.4. The van der Waals surface area contributed by atoms with E-state index in [-0.39, 0.29) is 0 Å². The van der Waals surface area contributed by atoms with Crippen LogP contribution in [-0.2, 0) is 0 Å². The van der Waals surface area contributed by atoms with Crippen LogP contribution in [0.25, 0.3) is 6.08 Å². The zero-order valence-electron chi connectivity index (χ0n) is 9.93. The van der Waals surface area contributed by atoms with Crippen LogP contribution < -0.4 is 0 Å². The highest BCUT2D eigenvalue weighted by molar-refractivity contribution is 9.59. The van der Waals surface area contributed by atoms with Crippen molar-refractivity contribution in [1.29, 1.82) is 0 Å². The Kier molecular flexibility index (Phi) is 3.83. The molecular weight excluding hydrogens is 325 g/mol. The Balaban J connectivity index is 2.49. The number of hydrogen-bond donors (Lipinski definition) is 0. The second kappa shape index (κ2) is 4.93. The summed E-state index contributed by atoms with van der Waals surface area (Å²) in [5, 5.41) is 0. The van der Waals surface area contributed by atoms with E-state index in [0.717, 1.165) is 12.8 Å². The number of alkyl halides is 3. The Bertz CT molecular complexity index is 481. The largest absolute Gasteiger partial charge is 0.442 e. The molecule has 2 rings (SSSR count). The van der Waals surface area contributed by atoms with Crippen LogP contribution in [0.4, 0.5) is 13.2 Å². The van der Waals surface area contributed by atoms with E-state index in [1.807, 2.05) is 6.92 Å². The van der Waals surface area contributed by atoms with E-state index in [9.17, 15) is 13.2 Å². The number of rotatable bonds is 3. The molecule has 1 aliphatic heterocycles. The quantitative estimate of drug-likeness (QED) is 0.613. The van der Waals surface area contributed by atoms with Crippen LogP contribution in [-0.4, -0.2) is 5.51 Å². The normalized spacial score (nSPS) is 26.4. The van der Waals surface area contributed by atoms with Gasteiger partial charge in [0.1, 0.15) is 0 Å². The number of halogens is 4. The lowest BCUT2D eigenvalue weighted by Crippen LogP contribution is -2.15. The van der Waals surface area contributed by atoms with Crippen molar-refractivity contribution in [3.63, 3.8) is 0 Å². The van der Waals surface area contributed by atoms with Crippen molar-refractivity contribution in [2.24, 2.45) is 0 Å². The molecule has 0 saturated heterocycles. The van der Waals surface area contributed by atoms with Crippen molar-refractivity contribution in [3.05, 3.63) is 34.7 Å². The minimum absolute atomic E-state index is 0.392. The second-order valence-corrected chi connectivity index (χ2v) is 9.65. The summed E-state index contributed by atoms with van der Waals surface area (Å²) < 4.78 is 40.4. The molecule has 1 heterocycles. The Morgan fingerprint density at radius 2 is 1.89 bits per heavy atom. The van der Waals surface area contributed by atoms with Crippen LogP contribution in [0.3, 0.4) is 0 Å². The third-order valence-corrected chi connectivity index (χ3v) is 9.05. The maximum Gasteiger partial charge on any atom is 0.442 e.